The van der Waals surface area contributed by atoms with Gasteiger partial charge in [-0.2, -0.15) is 8.78 Å². The molecule has 1 saturated heterocycles. The Hall–Kier alpha value is -2.01. The molecule has 0 saturated carbocycles. The van der Waals surface area contributed by atoms with Gasteiger partial charge in [-0.25, -0.2) is 0 Å². The number of quaternary nitrogens is 1. The Bertz CT molecular complexity index is 670. The summed E-state index contributed by atoms with van der Waals surface area (Å²) in [6, 6.07) is -2.09. The molecule has 2 amide bonds. The van der Waals surface area contributed by atoms with E-state index in [2.05, 4.69) is 15.8 Å². The van der Waals surface area contributed by atoms with E-state index in [1.54, 1.807) is 5.32 Å². The number of alkyl halides is 2. The Kier molecular flexibility index (Phi) is 9.19. The predicted molar refractivity (Wildman–Crippen MR) is 94.0 cm³/mol. The lowest BCUT2D eigenvalue weighted by Gasteiger charge is -2.33. The molecule has 0 aliphatic carbocycles. The van der Waals surface area contributed by atoms with Gasteiger partial charge in [0.05, 0.1) is 6.61 Å². The minimum Gasteiger partial charge on any atom is -0.480 e. The van der Waals surface area contributed by atoms with Crippen molar-refractivity contribution in [3.05, 3.63) is 0 Å². The maximum atomic E-state index is 14.5. The van der Waals surface area contributed by atoms with Gasteiger partial charge < -0.3 is 51.7 Å². The lowest BCUT2D eigenvalue weighted by molar-refractivity contribution is -0.405. The van der Waals surface area contributed by atoms with Crippen LogP contribution in [0.2, 0.25) is 0 Å². The molecule has 0 bridgehead atoms. The fraction of sp³-hybridized carbons (Fsp3) is 0.812. The molecule has 31 heavy (non-hydrogen) atoms. The Labute approximate surface area is 174 Å². The second-order valence-electron chi connectivity index (χ2n) is 7.20. The molecule has 1 rings (SSSR count). The third kappa shape index (κ3) is 5.82. The number of carbonyl (C=O) groups is 3. The molecular weight excluding hydrogens is 432 g/mol. The Balaban J connectivity index is 2.63. The van der Waals surface area contributed by atoms with Crippen LogP contribution in [0.4, 0.5) is 8.78 Å². The van der Waals surface area contributed by atoms with Crippen LogP contribution in [0, 0.1) is 0 Å². The van der Waals surface area contributed by atoms with E-state index in [1.807, 2.05) is 0 Å². The average Bonchev–Trinajstić information content (AvgIpc) is 2.95. The molecule has 1 fully saturated rings. The summed E-state index contributed by atoms with van der Waals surface area (Å²) in [5.74, 6) is -12.7. The highest BCUT2D eigenvalue weighted by Gasteiger charge is 2.71. The predicted octanol–water partition coefficient (Wildman–Crippen LogP) is -5.12. The molecule has 13 nitrogen and oxygen atoms in total. The van der Waals surface area contributed by atoms with Crippen molar-refractivity contribution in [2.75, 3.05) is 13.2 Å². The molecule has 1 aliphatic rings. The van der Waals surface area contributed by atoms with E-state index >= 15 is 0 Å². The number of hydrogen-bond acceptors (Lipinski definition) is 9. The number of amides is 2. The van der Waals surface area contributed by atoms with Gasteiger partial charge in [-0.15, -0.1) is 0 Å². The molecule has 15 heteroatoms. The molecule has 1 aliphatic heterocycles. The van der Waals surface area contributed by atoms with E-state index in [1.165, 1.54) is 6.92 Å². The highest BCUT2D eigenvalue weighted by Crippen LogP contribution is 2.42. The van der Waals surface area contributed by atoms with Gasteiger partial charge >= 0.3 is 11.9 Å². The van der Waals surface area contributed by atoms with E-state index in [0.717, 1.165) is 0 Å². The van der Waals surface area contributed by atoms with Crippen molar-refractivity contribution in [2.24, 2.45) is 0 Å². The fourth-order valence-corrected chi connectivity index (χ4v) is 2.78. The lowest BCUT2D eigenvalue weighted by atomic mass is 9.97. The van der Waals surface area contributed by atoms with Gasteiger partial charge in [0.2, 0.25) is 0 Å². The van der Waals surface area contributed by atoms with Crippen LogP contribution in [0.15, 0.2) is 0 Å². The summed E-state index contributed by atoms with van der Waals surface area (Å²) >= 11 is 0. The van der Waals surface area contributed by atoms with Gasteiger partial charge in [0.1, 0.15) is 30.5 Å². The fourth-order valence-electron chi connectivity index (χ4n) is 2.78. The summed E-state index contributed by atoms with van der Waals surface area (Å²) in [5, 5.41) is 60.5. The van der Waals surface area contributed by atoms with Crippen LogP contribution in [-0.4, -0.2) is 110 Å². The van der Waals surface area contributed by atoms with Crippen LogP contribution in [0.3, 0.4) is 0 Å². The summed E-state index contributed by atoms with van der Waals surface area (Å²) in [7, 11) is 0. The van der Waals surface area contributed by atoms with Crippen LogP contribution in [0.5, 0.6) is 0 Å². The molecule has 11 N–H and O–H groups in total. The Morgan fingerprint density at radius 1 is 1.29 bits per heavy atom. The maximum absolute atomic E-state index is 14.5. The van der Waals surface area contributed by atoms with E-state index in [-0.39, 0.29) is 12.8 Å². The van der Waals surface area contributed by atoms with Gasteiger partial charge in [0.15, 0.2) is 6.04 Å². The van der Waals surface area contributed by atoms with Crippen LogP contribution in [-0.2, 0) is 19.1 Å². The van der Waals surface area contributed by atoms with Gasteiger partial charge in [0, 0.05) is 13.0 Å². The smallest absolute Gasteiger partial charge is 0.379 e. The van der Waals surface area contributed by atoms with Crippen molar-refractivity contribution in [3.63, 3.8) is 0 Å². The number of rotatable bonds is 11. The van der Waals surface area contributed by atoms with Gasteiger partial charge in [-0.1, -0.05) is 0 Å². The number of aliphatic carboxylic acids is 1. The molecule has 0 spiro atoms. The SMILES string of the molecule is C[C@H](NC(=O)[C@@H]([NH3+])CCCNC(=O)C(F)(F)[C@]1(O)O[C@@H](C(O)CO)[C@H](O)[C@H]1O)C(=O)O. The Morgan fingerprint density at radius 2 is 1.87 bits per heavy atom. The van der Waals surface area contributed by atoms with Gasteiger partial charge in [-0.3, -0.25) is 14.4 Å². The third-order valence-electron chi connectivity index (χ3n) is 4.79. The second-order valence-corrected chi connectivity index (χ2v) is 7.20. The molecular formula is C16H28F2N3O10+. The lowest BCUT2D eigenvalue weighted by Crippen LogP contribution is -2.68. The quantitative estimate of drug-likeness (QED) is 0.133. The van der Waals surface area contributed by atoms with Crippen molar-refractivity contribution >= 4 is 17.8 Å². The molecule has 0 radical (unpaired) electrons. The number of ether oxygens (including phenoxy) is 1. The normalized spacial score (nSPS) is 29.1. The minimum atomic E-state index is -4.77. The van der Waals surface area contributed by atoms with Crippen LogP contribution < -0.4 is 16.4 Å². The van der Waals surface area contributed by atoms with Gasteiger partial charge in [0.25, 0.3) is 17.6 Å². The number of aliphatic hydroxyl groups is 5. The van der Waals surface area contributed by atoms with E-state index in [9.17, 15) is 43.6 Å². The average molecular weight is 460 g/mol. The van der Waals surface area contributed by atoms with Crippen molar-refractivity contribution in [2.45, 2.75) is 68.0 Å². The maximum Gasteiger partial charge on any atom is 0.379 e. The van der Waals surface area contributed by atoms with Gasteiger partial charge in [-0.05, 0) is 13.3 Å². The van der Waals surface area contributed by atoms with Crippen molar-refractivity contribution in [3.8, 4) is 0 Å². The zero-order valence-electron chi connectivity index (χ0n) is 16.6. The molecule has 1 heterocycles. The minimum absolute atomic E-state index is 0.00308. The molecule has 7 atom stereocenters. The largest absolute Gasteiger partial charge is 0.480 e. The second kappa shape index (κ2) is 10.5. The number of nitrogens with one attached hydrogen (secondary N) is 2. The molecule has 0 aromatic heterocycles. The highest BCUT2D eigenvalue weighted by molar-refractivity contribution is 5.86. The first-order valence-electron chi connectivity index (χ1n) is 9.28. The summed E-state index contributed by atoms with van der Waals surface area (Å²) in [6.45, 7) is -0.201. The molecule has 180 valence electrons. The summed E-state index contributed by atoms with van der Waals surface area (Å²) in [4.78, 5) is 34.3. The topological polar surface area (TPSA) is 234 Å². The molecule has 0 aromatic carbocycles. The van der Waals surface area contributed by atoms with Crippen LogP contribution in [0.1, 0.15) is 19.8 Å². The first-order valence-corrected chi connectivity index (χ1v) is 9.28. The van der Waals surface area contributed by atoms with Crippen molar-refractivity contribution in [1.29, 1.82) is 0 Å². The first kappa shape index (κ1) is 27.0. The summed E-state index contributed by atoms with van der Waals surface area (Å²) in [5.41, 5.74) is 3.51. The van der Waals surface area contributed by atoms with Crippen molar-refractivity contribution in [1.82, 2.24) is 10.6 Å². The number of halogens is 2. The number of aliphatic hydroxyl groups excluding tert-OH is 4. The molecule has 1 unspecified atom stereocenters. The number of carboxylic acid groups (broad SMARTS) is 1. The monoisotopic (exact) mass is 460 g/mol. The van der Waals surface area contributed by atoms with Crippen LogP contribution in [0.25, 0.3) is 0 Å². The summed E-state index contributed by atoms with van der Waals surface area (Å²) in [6.07, 6.45) is -8.82. The number of carboxylic acids is 1. The highest BCUT2D eigenvalue weighted by atomic mass is 19.3. The van der Waals surface area contributed by atoms with E-state index < -0.39 is 79.1 Å². The molecule has 0 aromatic rings. The Morgan fingerprint density at radius 3 is 2.39 bits per heavy atom. The zero-order chi connectivity index (χ0) is 24.1. The standard InChI is InChI=1S/C16H27F2N3O10/c1-6(13(27)28)21-12(26)7(19)3-2-4-20-14(29)15(17,18)16(30)11(25)9(24)10(31-16)8(23)5-22/h6-11,22-25,30H,2-5,19H2,1H3,(H,20,29)(H,21,26)(H,27,28)/p+1/t6-,7-,8?,9-,10-,11+,16+/m0/s1. The number of carbonyl (C=O) groups excluding carboxylic acids is 2. The first-order chi connectivity index (χ1) is 14.2. The van der Waals surface area contributed by atoms with E-state index in [0.29, 0.717) is 0 Å². The summed E-state index contributed by atoms with van der Waals surface area (Å²) < 4.78 is 33.4. The number of hydrogen-bond donors (Lipinski definition) is 9. The zero-order valence-corrected chi connectivity index (χ0v) is 16.6. The third-order valence-corrected chi connectivity index (χ3v) is 4.79. The van der Waals surface area contributed by atoms with Crippen LogP contribution >= 0.6 is 0 Å². The van der Waals surface area contributed by atoms with Crippen molar-refractivity contribution < 1.29 is 64.3 Å². The van der Waals surface area contributed by atoms with E-state index in [4.69, 9.17) is 10.2 Å².